The number of nitrogens with one attached hydrogen (secondary N) is 1. The first-order valence-electron chi connectivity index (χ1n) is 5.72. The lowest BCUT2D eigenvalue weighted by Gasteiger charge is -2.07. The van der Waals surface area contributed by atoms with Gasteiger partial charge in [0.1, 0.15) is 5.69 Å². The highest BCUT2D eigenvalue weighted by Crippen LogP contribution is 2.15. The molecule has 0 saturated heterocycles. The molecule has 1 rings (SSSR count). The summed E-state index contributed by atoms with van der Waals surface area (Å²) in [6.45, 7) is 5.33. The molecule has 4 heteroatoms. The standard InChI is InChI=1S/C13H17BrN2O/c1-3-5-6-7-15-13(17)12-9-11(14)10-16(12)8-4-2/h9-10H,4,6-8H2,1-2H3,(H,15,17). The summed E-state index contributed by atoms with van der Waals surface area (Å²) in [4.78, 5) is 11.9. The maximum Gasteiger partial charge on any atom is 0.267 e. The van der Waals surface area contributed by atoms with Gasteiger partial charge < -0.3 is 9.88 Å². The number of carbonyl (C=O) groups is 1. The van der Waals surface area contributed by atoms with Gasteiger partial charge in [-0.2, -0.15) is 0 Å². The number of rotatable bonds is 5. The van der Waals surface area contributed by atoms with Crippen LogP contribution in [0.2, 0.25) is 0 Å². The third-order valence-corrected chi connectivity index (χ3v) is 2.71. The Morgan fingerprint density at radius 3 is 3.00 bits per heavy atom. The van der Waals surface area contributed by atoms with Crippen molar-refractivity contribution < 1.29 is 4.79 Å². The van der Waals surface area contributed by atoms with E-state index < -0.39 is 0 Å². The molecule has 17 heavy (non-hydrogen) atoms. The number of aromatic nitrogens is 1. The number of aryl methyl sites for hydroxylation is 1. The van der Waals surface area contributed by atoms with Crippen LogP contribution in [-0.2, 0) is 6.54 Å². The molecule has 0 aliphatic heterocycles. The normalized spacial score (nSPS) is 9.59. The predicted molar refractivity (Wildman–Crippen MR) is 72.8 cm³/mol. The molecule has 0 radical (unpaired) electrons. The van der Waals surface area contributed by atoms with Crippen LogP contribution in [-0.4, -0.2) is 17.0 Å². The molecule has 1 N–H and O–H groups in total. The average Bonchev–Trinajstić information content (AvgIpc) is 2.66. The molecule has 0 spiro atoms. The van der Waals surface area contributed by atoms with Gasteiger partial charge in [0.15, 0.2) is 0 Å². The quantitative estimate of drug-likeness (QED) is 0.658. The molecule has 3 nitrogen and oxygen atoms in total. The van der Waals surface area contributed by atoms with E-state index in [-0.39, 0.29) is 5.91 Å². The summed E-state index contributed by atoms with van der Waals surface area (Å²) in [6.07, 6.45) is 3.63. The Bertz CT molecular complexity index is 440. The molecule has 1 aromatic heterocycles. The predicted octanol–water partition coefficient (Wildman–Crippen LogP) is 2.80. The Hall–Kier alpha value is -1.21. The fourth-order valence-electron chi connectivity index (χ4n) is 1.55. The van der Waals surface area contributed by atoms with Crippen molar-refractivity contribution in [2.45, 2.75) is 33.2 Å². The highest BCUT2D eigenvalue weighted by molar-refractivity contribution is 9.10. The summed E-state index contributed by atoms with van der Waals surface area (Å²) in [7, 11) is 0. The Labute approximate surface area is 111 Å². The molecule has 0 bridgehead atoms. The highest BCUT2D eigenvalue weighted by atomic mass is 79.9. The summed E-state index contributed by atoms with van der Waals surface area (Å²) in [5, 5.41) is 2.86. The molecule has 0 atom stereocenters. The SMILES string of the molecule is CC#CCCNC(=O)c1cc(Br)cn1CCC. The van der Waals surface area contributed by atoms with Gasteiger partial charge in [-0.05, 0) is 35.3 Å². The Morgan fingerprint density at radius 2 is 2.35 bits per heavy atom. The third kappa shape index (κ3) is 4.27. The van der Waals surface area contributed by atoms with Crippen molar-refractivity contribution in [3.8, 4) is 11.8 Å². The molecule has 1 amide bonds. The van der Waals surface area contributed by atoms with E-state index in [2.05, 4.69) is 40.0 Å². The van der Waals surface area contributed by atoms with Gasteiger partial charge in [0.2, 0.25) is 0 Å². The largest absolute Gasteiger partial charge is 0.350 e. The minimum Gasteiger partial charge on any atom is -0.350 e. The minimum atomic E-state index is -0.0398. The first-order valence-corrected chi connectivity index (χ1v) is 6.51. The van der Waals surface area contributed by atoms with Crippen molar-refractivity contribution in [3.05, 3.63) is 22.4 Å². The lowest BCUT2D eigenvalue weighted by atomic mass is 10.3. The zero-order valence-corrected chi connectivity index (χ0v) is 11.8. The second kappa shape index (κ2) is 7.18. The number of nitrogens with zero attached hydrogens (tertiary/aromatic N) is 1. The number of halogens is 1. The van der Waals surface area contributed by atoms with Crippen molar-refractivity contribution in [1.29, 1.82) is 0 Å². The lowest BCUT2D eigenvalue weighted by Crippen LogP contribution is -2.26. The Morgan fingerprint density at radius 1 is 1.59 bits per heavy atom. The molecule has 92 valence electrons. The van der Waals surface area contributed by atoms with Crippen molar-refractivity contribution in [2.24, 2.45) is 0 Å². The second-order valence-corrected chi connectivity index (χ2v) is 4.59. The molecular weight excluding hydrogens is 280 g/mol. The topological polar surface area (TPSA) is 34.0 Å². The van der Waals surface area contributed by atoms with E-state index in [4.69, 9.17) is 0 Å². The van der Waals surface area contributed by atoms with E-state index in [9.17, 15) is 4.79 Å². The third-order valence-electron chi connectivity index (χ3n) is 2.27. The lowest BCUT2D eigenvalue weighted by molar-refractivity contribution is 0.0945. The Balaban J connectivity index is 2.63. The molecule has 0 aliphatic carbocycles. The van der Waals surface area contributed by atoms with Crippen LogP contribution in [0.15, 0.2) is 16.7 Å². The van der Waals surface area contributed by atoms with Crippen LogP contribution in [0, 0.1) is 11.8 Å². The highest BCUT2D eigenvalue weighted by Gasteiger charge is 2.11. The molecule has 0 saturated carbocycles. The van der Waals surface area contributed by atoms with Gasteiger partial charge in [0, 0.05) is 30.2 Å². The van der Waals surface area contributed by atoms with E-state index in [1.165, 1.54) is 0 Å². The zero-order chi connectivity index (χ0) is 12.7. The molecule has 0 unspecified atom stereocenters. The van der Waals surface area contributed by atoms with E-state index >= 15 is 0 Å². The van der Waals surface area contributed by atoms with Crippen LogP contribution < -0.4 is 5.32 Å². The van der Waals surface area contributed by atoms with Crippen LogP contribution in [0.4, 0.5) is 0 Å². The number of amides is 1. The molecule has 1 aromatic rings. The number of carbonyl (C=O) groups excluding carboxylic acids is 1. The van der Waals surface area contributed by atoms with Gasteiger partial charge in [-0.1, -0.05) is 6.92 Å². The van der Waals surface area contributed by atoms with Crippen molar-refractivity contribution in [2.75, 3.05) is 6.54 Å². The van der Waals surface area contributed by atoms with E-state index in [1.54, 1.807) is 6.92 Å². The first-order chi connectivity index (χ1) is 8.19. The molecule has 0 aliphatic rings. The summed E-state index contributed by atoms with van der Waals surface area (Å²) in [5.74, 6) is 5.68. The van der Waals surface area contributed by atoms with Crippen molar-refractivity contribution >= 4 is 21.8 Å². The van der Waals surface area contributed by atoms with Crippen LogP contribution in [0.1, 0.15) is 37.2 Å². The number of hydrogen-bond acceptors (Lipinski definition) is 1. The minimum absolute atomic E-state index is 0.0398. The first kappa shape index (κ1) is 13.9. The fourth-order valence-corrected chi connectivity index (χ4v) is 2.01. The zero-order valence-electron chi connectivity index (χ0n) is 10.2. The second-order valence-electron chi connectivity index (χ2n) is 3.67. The smallest absolute Gasteiger partial charge is 0.267 e. The van der Waals surface area contributed by atoms with Crippen LogP contribution >= 0.6 is 15.9 Å². The van der Waals surface area contributed by atoms with Gasteiger partial charge >= 0.3 is 0 Å². The average molecular weight is 297 g/mol. The Kier molecular flexibility index (Phi) is 5.85. The van der Waals surface area contributed by atoms with Crippen LogP contribution in [0.3, 0.4) is 0 Å². The van der Waals surface area contributed by atoms with E-state index in [0.717, 1.165) is 17.4 Å². The summed E-state index contributed by atoms with van der Waals surface area (Å²) in [6, 6.07) is 1.84. The summed E-state index contributed by atoms with van der Waals surface area (Å²) in [5.41, 5.74) is 0.697. The van der Waals surface area contributed by atoms with Crippen molar-refractivity contribution in [3.63, 3.8) is 0 Å². The number of hydrogen-bond donors (Lipinski definition) is 1. The van der Waals surface area contributed by atoms with Gasteiger partial charge in [0.05, 0.1) is 0 Å². The molecule has 0 fully saturated rings. The van der Waals surface area contributed by atoms with Gasteiger partial charge in [-0.15, -0.1) is 11.8 Å². The van der Waals surface area contributed by atoms with Gasteiger partial charge in [-0.3, -0.25) is 4.79 Å². The molecule has 1 heterocycles. The fraction of sp³-hybridized carbons (Fsp3) is 0.462. The maximum atomic E-state index is 11.9. The summed E-state index contributed by atoms with van der Waals surface area (Å²) >= 11 is 3.39. The van der Waals surface area contributed by atoms with Gasteiger partial charge in [0.25, 0.3) is 5.91 Å². The molecular formula is C13H17BrN2O. The van der Waals surface area contributed by atoms with E-state index in [0.29, 0.717) is 18.7 Å². The summed E-state index contributed by atoms with van der Waals surface area (Å²) < 4.78 is 2.90. The van der Waals surface area contributed by atoms with Crippen LogP contribution in [0.5, 0.6) is 0 Å². The maximum absolute atomic E-state index is 11.9. The van der Waals surface area contributed by atoms with Crippen molar-refractivity contribution in [1.82, 2.24) is 9.88 Å². The van der Waals surface area contributed by atoms with E-state index in [1.807, 2.05) is 16.8 Å². The monoisotopic (exact) mass is 296 g/mol. The van der Waals surface area contributed by atoms with Crippen LogP contribution in [0.25, 0.3) is 0 Å². The molecule has 0 aromatic carbocycles. The van der Waals surface area contributed by atoms with Gasteiger partial charge in [-0.25, -0.2) is 0 Å².